The highest BCUT2D eigenvalue weighted by molar-refractivity contribution is 6.37. The molecule has 0 saturated heterocycles. The van der Waals surface area contributed by atoms with Crippen LogP contribution in [0.3, 0.4) is 0 Å². The number of anilines is 1. The van der Waals surface area contributed by atoms with Gasteiger partial charge < -0.3 is 15.2 Å². The van der Waals surface area contributed by atoms with Gasteiger partial charge in [-0.1, -0.05) is 32.4 Å². The van der Waals surface area contributed by atoms with E-state index in [1.54, 1.807) is 13.2 Å². The predicted octanol–water partition coefficient (Wildman–Crippen LogP) is 3.18. The molecule has 0 aliphatic carbocycles. The summed E-state index contributed by atoms with van der Waals surface area (Å²) in [5.74, 6) is 1.96. The Labute approximate surface area is 123 Å². The van der Waals surface area contributed by atoms with Crippen molar-refractivity contribution in [2.75, 3.05) is 20.0 Å². The van der Waals surface area contributed by atoms with Crippen LogP contribution in [0.5, 0.6) is 11.5 Å². The average Bonchev–Trinajstić information content (AvgIpc) is 2.37. The number of nitrogen functional groups attached to an aromatic ring is 1. The fourth-order valence-electron chi connectivity index (χ4n) is 1.89. The fraction of sp³-hybridized carbons (Fsp3) is 0.429. The van der Waals surface area contributed by atoms with Crippen LogP contribution >= 0.6 is 11.6 Å². The third-order valence-electron chi connectivity index (χ3n) is 2.98. The highest BCUT2D eigenvalue weighted by Crippen LogP contribution is 2.41. The Morgan fingerprint density at radius 1 is 1.15 bits per heavy atom. The Bertz CT molecular complexity index is 666. The van der Waals surface area contributed by atoms with E-state index in [0.29, 0.717) is 39.1 Å². The van der Waals surface area contributed by atoms with Crippen molar-refractivity contribution < 1.29 is 9.47 Å². The SMILES string of the molecule is COc1cc2c(N)nc(C(C)(C)C)nc2c(Cl)c1OC. The lowest BCUT2D eigenvalue weighted by Crippen LogP contribution is -2.17. The van der Waals surface area contributed by atoms with Crippen LogP contribution in [0.1, 0.15) is 26.6 Å². The molecule has 0 bridgehead atoms. The molecule has 0 fully saturated rings. The minimum Gasteiger partial charge on any atom is -0.493 e. The van der Waals surface area contributed by atoms with Crippen LogP contribution < -0.4 is 15.2 Å². The van der Waals surface area contributed by atoms with Gasteiger partial charge in [0, 0.05) is 10.8 Å². The van der Waals surface area contributed by atoms with Crippen molar-refractivity contribution in [3.63, 3.8) is 0 Å². The molecule has 1 aromatic heterocycles. The van der Waals surface area contributed by atoms with Crippen molar-refractivity contribution in [3.05, 3.63) is 16.9 Å². The third-order valence-corrected chi connectivity index (χ3v) is 3.33. The molecular weight excluding hydrogens is 278 g/mol. The molecular formula is C14H18ClN3O2. The van der Waals surface area contributed by atoms with Gasteiger partial charge in [0.1, 0.15) is 16.7 Å². The van der Waals surface area contributed by atoms with Gasteiger partial charge in [0.15, 0.2) is 11.5 Å². The van der Waals surface area contributed by atoms with Gasteiger partial charge in [-0.25, -0.2) is 9.97 Å². The lowest BCUT2D eigenvalue weighted by atomic mass is 9.95. The number of methoxy groups -OCH3 is 2. The molecule has 6 heteroatoms. The molecule has 2 aromatic rings. The minimum absolute atomic E-state index is 0.223. The standard InChI is InChI=1S/C14H18ClN3O2/c1-14(2,3)13-17-10-7(12(16)18-13)6-8(19-4)11(20-5)9(10)15/h6H,1-5H3,(H2,16,17,18). The van der Waals surface area contributed by atoms with Crippen LogP contribution in [-0.2, 0) is 5.41 Å². The van der Waals surface area contributed by atoms with E-state index in [-0.39, 0.29) is 5.41 Å². The average molecular weight is 296 g/mol. The van der Waals surface area contributed by atoms with Crippen LogP contribution in [0.4, 0.5) is 5.82 Å². The molecule has 5 nitrogen and oxygen atoms in total. The summed E-state index contributed by atoms with van der Waals surface area (Å²) in [6, 6.07) is 1.74. The Hall–Kier alpha value is -1.75. The molecule has 108 valence electrons. The van der Waals surface area contributed by atoms with E-state index in [4.69, 9.17) is 26.8 Å². The van der Waals surface area contributed by atoms with Gasteiger partial charge in [0.25, 0.3) is 0 Å². The number of fused-ring (bicyclic) bond motifs is 1. The zero-order valence-electron chi connectivity index (χ0n) is 12.2. The van der Waals surface area contributed by atoms with Gasteiger partial charge in [-0.05, 0) is 6.07 Å². The lowest BCUT2D eigenvalue weighted by molar-refractivity contribution is 0.356. The molecule has 0 amide bonds. The molecule has 2 N–H and O–H groups in total. The molecule has 1 aromatic carbocycles. The maximum atomic E-state index is 6.37. The summed E-state index contributed by atoms with van der Waals surface area (Å²) in [5, 5.41) is 1.03. The lowest BCUT2D eigenvalue weighted by Gasteiger charge is -2.19. The summed E-state index contributed by atoms with van der Waals surface area (Å²) >= 11 is 6.37. The summed E-state index contributed by atoms with van der Waals surface area (Å²) in [7, 11) is 3.07. The predicted molar refractivity (Wildman–Crippen MR) is 80.8 cm³/mol. The topological polar surface area (TPSA) is 70.3 Å². The first kappa shape index (κ1) is 14.7. The molecule has 0 spiro atoms. The number of benzene rings is 1. The summed E-state index contributed by atoms with van der Waals surface area (Å²) in [6.07, 6.45) is 0. The van der Waals surface area contributed by atoms with Crippen LogP contribution in [0.25, 0.3) is 10.9 Å². The molecule has 0 atom stereocenters. The van der Waals surface area contributed by atoms with E-state index in [1.165, 1.54) is 7.11 Å². The molecule has 2 rings (SSSR count). The van der Waals surface area contributed by atoms with Crippen molar-refractivity contribution in [2.45, 2.75) is 26.2 Å². The van der Waals surface area contributed by atoms with E-state index in [9.17, 15) is 0 Å². The first-order valence-electron chi connectivity index (χ1n) is 6.17. The molecule has 1 heterocycles. The van der Waals surface area contributed by atoms with E-state index in [2.05, 4.69) is 9.97 Å². The van der Waals surface area contributed by atoms with Crippen molar-refractivity contribution in [2.24, 2.45) is 0 Å². The van der Waals surface area contributed by atoms with Crippen LogP contribution in [0.15, 0.2) is 6.07 Å². The number of aromatic nitrogens is 2. The second kappa shape index (κ2) is 4.98. The quantitative estimate of drug-likeness (QED) is 0.921. The van der Waals surface area contributed by atoms with Gasteiger partial charge in [-0.15, -0.1) is 0 Å². The fourth-order valence-corrected chi connectivity index (χ4v) is 2.20. The van der Waals surface area contributed by atoms with E-state index < -0.39 is 0 Å². The van der Waals surface area contributed by atoms with Crippen LogP contribution in [0, 0.1) is 0 Å². The van der Waals surface area contributed by atoms with Crippen molar-refractivity contribution in [1.29, 1.82) is 0 Å². The Balaban J connectivity index is 2.86. The van der Waals surface area contributed by atoms with Crippen LogP contribution in [-0.4, -0.2) is 24.2 Å². The number of hydrogen-bond donors (Lipinski definition) is 1. The minimum atomic E-state index is -0.223. The summed E-state index contributed by atoms with van der Waals surface area (Å²) in [5.41, 5.74) is 6.38. The van der Waals surface area contributed by atoms with Crippen molar-refractivity contribution in [3.8, 4) is 11.5 Å². The van der Waals surface area contributed by atoms with Crippen LogP contribution in [0.2, 0.25) is 5.02 Å². The second-order valence-electron chi connectivity index (χ2n) is 5.50. The number of ether oxygens (including phenoxy) is 2. The first-order chi connectivity index (χ1) is 9.29. The van der Waals surface area contributed by atoms with Gasteiger partial charge in [-0.2, -0.15) is 0 Å². The summed E-state index contributed by atoms with van der Waals surface area (Å²) in [6.45, 7) is 6.05. The van der Waals surface area contributed by atoms with E-state index >= 15 is 0 Å². The number of hydrogen-bond acceptors (Lipinski definition) is 5. The maximum Gasteiger partial charge on any atom is 0.181 e. The van der Waals surface area contributed by atoms with Gasteiger partial charge in [0.2, 0.25) is 0 Å². The molecule has 0 radical (unpaired) electrons. The van der Waals surface area contributed by atoms with Crippen molar-refractivity contribution >= 4 is 28.3 Å². The van der Waals surface area contributed by atoms with E-state index in [0.717, 1.165) is 0 Å². The Morgan fingerprint density at radius 3 is 2.30 bits per heavy atom. The Kier molecular flexibility index (Phi) is 3.65. The smallest absolute Gasteiger partial charge is 0.181 e. The number of halogens is 1. The normalized spacial score (nSPS) is 11.7. The number of nitrogens with zero attached hydrogens (tertiary/aromatic N) is 2. The largest absolute Gasteiger partial charge is 0.493 e. The maximum absolute atomic E-state index is 6.37. The van der Waals surface area contributed by atoms with E-state index in [1.807, 2.05) is 20.8 Å². The van der Waals surface area contributed by atoms with Gasteiger partial charge in [-0.3, -0.25) is 0 Å². The monoisotopic (exact) mass is 295 g/mol. The molecule has 0 saturated carbocycles. The molecule has 0 unspecified atom stereocenters. The van der Waals surface area contributed by atoms with Gasteiger partial charge in [0.05, 0.1) is 19.7 Å². The number of nitrogens with two attached hydrogens (primary N) is 1. The van der Waals surface area contributed by atoms with Gasteiger partial charge >= 0.3 is 0 Å². The molecule has 0 aliphatic rings. The zero-order valence-corrected chi connectivity index (χ0v) is 13.0. The number of rotatable bonds is 2. The zero-order chi connectivity index (χ0) is 15.1. The molecule has 0 aliphatic heterocycles. The van der Waals surface area contributed by atoms with Crippen molar-refractivity contribution in [1.82, 2.24) is 9.97 Å². The first-order valence-corrected chi connectivity index (χ1v) is 6.55. The molecule has 20 heavy (non-hydrogen) atoms. The highest BCUT2D eigenvalue weighted by atomic mass is 35.5. The summed E-state index contributed by atoms with van der Waals surface area (Å²) < 4.78 is 10.5. The Morgan fingerprint density at radius 2 is 1.80 bits per heavy atom. The summed E-state index contributed by atoms with van der Waals surface area (Å²) in [4.78, 5) is 8.89. The second-order valence-corrected chi connectivity index (χ2v) is 5.88. The third kappa shape index (κ3) is 2.33. The highest BCUT2D eigenvalue weighted by Gasteiger charge is 2.22.